The van der Waals surface area contributed by atoms with Crippen molar-refractivity contribution in [3.63, 3.8) is 0 Å². The van der Waals surface area contributed by atoms with E-state index >= 15 is 0 Å². The van der Waals surface area contributed by atoms with E-state index in [0.717, 1.165) is 31.3 Å². The summed E-state index contributed by atoms with van der Waals surface area (Å²) in [5.74, 6) is 2.05. The normalized spacial score (nSPS) is 27.1. The number of aliphatic hydroxyl groups is 1. The highest BCUT2D eigenvalue weighted by atomic mass is 16.3. The van der Waals surface area contributed by atoms with Crippen LogP contribution in [0.3, 0.4) is 0 Å². The maximum absolute atomic E-state index is 9.78. The highest BCUT2D eigenvalue weighted by Crippen LogP contribution is 2.27. The summed E-state index contributed by atoms with van der Waals surface area (Å²) in [5.41, 5.74) is 1.53. The molecule has 3 unspecified atom stereocenters. The molecule has 3 atom stereocenters. The van der Waals surface area contributed by atoms with Gasteiger partial charge in [-0.15, -0.1) is 0 Å². The molecule has 2 N–H and O–H groups in total. The van der Waals surface area contributed by atoms with Crippen LogP contribution >= 0.6 is 0 Å². The number of nitrogens with one attached hydrogen (secondary N) is 1. The molecular weight excluding hydrogens is 210 g/mol. The molecule has 0 aromatic rings. The van der Waals surface area contributed by atoms with E-state index < -0.39 is 0 Å². The van der Waals surface area contributed by atoms with E-state index in [2.05, 4.69) is 39.1 Å². The van der Waals surface area contributed by atoms with Gasteiger partial charge in [-0.05, 0) is 50.5 Å². The van der Waals surface area contributed by atoms with E-state index in [-0.39, 0.29) is 6.10 Å². The Kier molecular flexibility index (Phi) is 6.21. The molecule has 0 aliphatic heterocycles. The summed E-state index contributed by atoms with van der Waals surface area (Å²) < 4.78 is 0. The monoisotopic (exact) mass is 239 g/mol. The first-order chi connectivity index (χ1) is 7.97. The van der Waals surface area contributed by atoms with E-state index in [0.29, 0.717) is 5.92 Å². The van der Waals surface area contributed by atoms with Crippen molar-refractivity contribution in [2.45, 2.75) is 53.1 Å². The van der Waals surface area contributed by atoms with Gasteiger partial charge in [-0.1, -0.05) is 32.4 Å². The molecule has 2 heteroatoms. The smallest absolute Gasteiger partial charge is 0.0667 e. The van der Waals surface area contributed by atoms with E-state index in [4.69, 9.17) is 0 Å². The topological polar surface area (TPSA) is 32.3 Å². The summed E-state index contributed by atoms with van der Waals surface area (Å²) >= 11 is 0. The average molecular weight is 239 g/mol. The van der Waals surface area contributed by atoms with Crippen molar-refractivity contribution >= 4 is 0 Å². The van der Waals surface area contributed by atoms with Gasteiger partial charge in [0.25, 0.3) is 0 Å². The van der Waals surface area contributed by atoms with Crippen LogP contribution in [0.5, 0.6) is 0 Å². The van der Waals surface area contributed by atoms with Crippen molar-refractivity contribution in [1.82, 2.24) is 5.32 Å². The lowest BCUT2D eigenvalue weighted by molar-refractivity contribution is 0.144. The van der Waals surface area contributed by atoms with Gasteiger partial charge < -0.3 is 10.4 Å². The van der Waals surface area contributed by atoms with Crippen LogP contribution < -0.4 is 5.32 Å². The van der Waals surface area contributed by atoms with Gasteiger partial charge in [0, 0.05) is 6.54 Å². The standard InChI is InChI=1S/C15H29NO/c1-11(2)5-15(17)10-16-9-14-7-12(3)6-13(4)8-14/h6,11-12,14-17H,5,7-10H2,1-4H3. The minimum absolute atomic E-state index is 0.187. The molecule has 0 amide bonds. The second kappa shape index (κ2) is 7.17. The van der Waals surface area contributed by atoms with Gasteiger partial charge in [-0.25, -0.2) is 0 Å². The van der Waals surface area contributed by atoms with E-state index in [1.165, 1.54) is 18.4 Å². The summed E-state index contributed by atoms with van der Waals surface area (Å²) in [5, 5.41) is 13.2. The van der Waals surface area contributed by atoms with Crippen LogP contribution in [0.25, 0.3) is 0 Å². The molecule has 1 aliphatic rings. The molecule has 0 heterocycles. The maximum atomic E-state index is 9.78. The molecule has 0 aromatic carbocycles. The Bertz CT molecular complexity index is 247. The van der Waals surface area contributed by atoms with Gasteiger partial charge >= 0.3 is 0 Å². The summed E-state index contributed by atoms with van der Waals surface area (Å²) in [6, 6.07) is 0. The second-order valence-corrected chi connectivity index (χ2v) is 6.24. The molecule has 100 valence electrons. The van der Waals surface area contributed by atoms with Gasteiger partial charge in [-0.3, -0.25) is 0 Å². The molecule has 0 spiro atoms. The number of hydrogen-bond acceptors (Lipinski definition) is 2. The summed E-state index contributed by atoms with van der Waals surface area (Å²) in [4.78, 5) is 0. The first kappa shape index (κ1) is 14.7. The molecule has 0 bridgehead atoms. The molecule has 0 saturated carbocycles. The summed E-state index contributed by atoms with van der Waals surface area (Å²) in [6.07, 6.45) is 5.60. The third-order valence-electron chi connectivity index (χ3n) is 3.44. The third kappa shape index (κ3) is 6.23. The quantitative estimate of drug-likeness (QED) is 0.698. The largest absolute Gasteiger partial charge is 0.392 e. The lowest BCUT2D eigenvalue weighted by Gasteiger charge is -2.26. The van der Waals surface area contributed by atoms with Crippen molar-refractivity contribution in [2.75, 3.05) is 13.1 Å². The molecule has 0 radical (unpaired) electrons. The van der Waals surface area contributed by atoms with Crippen molar-refractivity contribution in [3.8, 4) is 0 Å². The third-order valence-corrected chi connectivity index (χ3v) is 3.44. The lowest BCUT2D eigenvalue weighted by Crippen LogP contribution is -2.33. The van der Waals surface area contributed by atoms with Crippen LogP contribution in [-0.2, 0) is 0 Å². The lowest BCUT2D eigenvalue weighted by atomic mass is 9.84. The van der Waals surface area contributed by atoms with Crippen molar-refractivity contribution in [1.29, 1.82) is 0 Å². The predicted molar refractivity (Wildman–Crippen MR) is 74.0 cm³/mol. The van der Waals surface area contributed by atoms with Gasteiger partial charge in [-0.2, -0.15) is 0 Å². The van der Waals surface area contributed by atoms with Crippen molar-refractivity contribution < 1.29 is 5.11 Å². The van der Waals surface area contributed by atoms with Crippen LogP contribution in [0, 0.1) is 17.8 Å². The number of allylic oxidation sites excluding steroid dienone is 2. The minimum Gasteiger partial charge on any atom is -0.392 e. The van der Waals surface area contributed by atoms with Gasteiger partial charge in [0.2, 0.25) is 0 Å². The van der Waals surface area contributed by atoms with Gasteiger partial charge in [0.15, 0.2) is 0 Å². The van der Waals surface area contributed by atoms with Crippen LogP contribution in [-0.4, -0.2) is 24.3 Å². The van der Waals surface area contributed by atoms with E-state index in [1.54, 1.807) is 0 Å². The molecule has 0 fully saturated rings. The fourth-order valence-electron chi connectivity index (χ4n) is 2.92. The molecule has 17 heavy (non-hydrogen) atoms. The highest BCUT2D eigenvalue weighted by molar-refractivity contribution is 5.06. The zero-order valence-electron chi connectivity index (χ0n) is 11.9. The molecule has 0 saturated heterocycles. The van der Waals surface area contributed by atoms with Crippen LogP contribution in [0.2, 0.25) is 0 Å². The summed E-state index contributed by atoms with van der Waals surface area (Å²) in [6.45, 7) is 10.6. The fraction of sp³-hybridized carbons (Fsp3) is 0.867. The van der Waals surface area contributed by atoms with Crippen LogP contribution in [0.15, 0.2) is 11.6 Å². The Morgan fingerprint density at radius 3 is 2.76 bits per heavy atom. The predicted octanol–water partition coefficient (Wildman–Crippen LogP) is 2.98. The molecule has 0 aromatic heterocycles. The van der Waals surface area contributed by atoms with Gasteiger partial charge in [0.05, 0.1) is 6.10 Å². The Labute approximate surface area is 106 Å². The average Bonchev–Trinajstić information content (AvgIpc) is 2.14. The van der Waals surface area contributed by atoms with E-state index in [9.17, 15) is 5.11 Å². The zero-order valence-corrected chi connectivity index (χ0v) is 11.9. The number of hydrogen-bond donors (Lipinski definition) is 2. The van der Waals surface area contributed by atoms with Crippen LogP contribution in [0.4, 0.5) is 0 Å². The van der Waals surface area contributed by atoms with Crippen molar-refractivity contribution in [3.05, 3.63) is 11.6 Å². The molecule has 1 rings (SSSR count). The SMILES string of the molecule is CC1=CC(C)CC(CNCC(O)CC(C)C)C1. The second-order valence-electron chi connectivity index (χ2n) is 6.24. The molecular formula is C15H29NO. The highest BCUT2D eigenvalue weighted by Gasteiger charge is 2.18. The molecule has 2 nitrogen and oxygen atoms in total. The summed E-state index contributed by atoms with van der Waals surface area (Å²) in [7, 11) is 0. The van der Waals surface area contributed by atoms with Gasteiger partial charge in [0.1, 0.15) is 0 Å². The van der Waals surface area contributed by atoms with Crippen molar-refractivity contribution in [2.24, 2.45) is 17.8 Å². The maximum Gasteiger partial charge on any atom is 0.0667 e. The molecule has 1 aliphatic carbocycles. The number of rotatable bonds is 6. The minimum atomic E-state index is -0.187. The van der Waals surface area contributed by atoms with E-state index in [1.807, 2.05) is 0 Å². The van der Waals surface area contributed by atoms with Crippen LogP contribution in [0.1, 0.15) is 47.0 Å². The Morgan fingerprint density at radius 2 is 2.18 bits per heavy atom. The Balaban J connectivity index is 2.17. The Morgan fingerprint density at radius 1 is 1.47 bits per heavy atom. The zero-order chi connectivity index (χ0) is 12.8. The first-order valence-corrected chi connectivity index (χ1v) is 7.03. The Hall–Kier alpha value is -0.340. The first-order valence-electron chi connectivity index (χ1n) is 7.03. The fourth-order valence-corrected chi connectivity index (χ4v) is 2.92. The number of aliphatic hydroxyl groups excluding tert-OH is 1.